The van der Waals surface area contributed by atoms with E-state index in [9.17, 15) is 4.79 Å². The van der Waals surface area contributed by atoms with E-state index in [1.807, 2.05) is 72.8 Å². The van der Waals surface area contributed by atoms with Crippen molar-refractivity contribution in [3.05, 3.63) is 90.5 Å². The van der Waals surface area contributed by atoms with Crippen LogP contribution in [0.15, 0.2) is 89.3 Å². The van der Waals surface area contributed by atoms with E-state index in [2.05, 4.69) is 27.6 Å². The van der Waals surface area contributed by atoms with Gasteiger partial charge in [0.15, 0.2) is 0 Å². The quantitative estimate of drug-likeness (QED) is 0.457. The molecule has 4 rings (SSSR count). The van der Waals surface area contributed by atoms with Gasteiger partial charge in [-0.15, -0.1) is 22.0 Å². The lowest BCUT2D eigenvalue weighted by molar-refractivity contribution is -0.113. The van der Waals surface area contributed by atoms with Crippen molar-refractivity contribution in [3.8, 4) is 22.9 Å². The Morgan fingerprint density at radius 2 is 1.48 bits per heavy atom. The molecule has 5 nitrogen and oxygen atoms in total. The lowest BCUT2D eigenvalue weighted by atomic mass is 10.2. The summed E-state index contributed by atoms with van der Waals surface area (Å²) < 4.78 is 5.79. The number of hydrogen-bond acceptors (Lipinski definition) is 5. The van der Waals surface area contributed by atoms with E-state index in [0.29, 0.717) is 23.2 Å². The summed E-state index contributed by atoms with van der Waals surface area (Å²) in [6, 6.07) is 27.1. The number of nitrogens with one attached hydrogen (secondary N) is 1. The third kappa shape index (κ3) is 5.12. The molecule has 0 aliphatic carbocycles. The number of benzene rings is 3. The van der Waals surface area contributed by atoms with E-state index in [0.717, 1.165) is 16.9 Å². The van der Waals surface area contributed by atoms with E-state index in [-0.39, 0.29) is 5.91 Å². The molecular weight excluding hydrogens is 382 g/mol. The van der Waals surface area contributed by atoms with Crippen molar-refractivity contribution >= 4 is 23.4 Å². The van der Waals surface area contributed by atoms with Gasteiger partial charge in [0.1, 0.15) is 0 Å². The van der Waals surface area contributed by atoms with Crippen molar-refractivity contribution in [3.63, 3.8) is 0 Å². The van der Waals surface area contributed by atoms with Crippen LogP contribution >= 0.6 is 11.8 Å². The largest absolute Gasteiger partial charge is 0.416 e. The SMILES string of the molecule is O=C(CSCc1ccccc1)Nc1cccc(-c2nnc(-c3ccccc3)o2)c1. The molecule has 0 spiro atoms. The highest BCUT2D eigenvalue weighted by Gasteiger charge is 2.11. The second-order valence-corrected chi connectivity index (χ2v) is 7.37. The Kier molecular flexibility index (Phi) is 6.02. The monoisotopic (exact) mass is 401 g/mol. The topological polar surface area (TPSA) is 68.0 Å². The Labute approximate surface area is 173 Å². The summed E-state index contributed by atoms with van der Waals surface area (Å²) in [4.78, 5) is 12.3. The first-order chi connectivity index (χ1) is 14.3. The first kappa shape index (κ1) is 19.0. The van der Waals surface area contributed by atoms with Crippen LogP contribution in [0.4, 0.5) is 5.69 Å². The number of anilines is 1. The van der Waals surface area contributed by atoms with E-state index in [1.54, 1.807) is 11.8 Å². The molecule has 3 aromatic carbocycles. The molecule has 0 unspecified atom stereocenters. The number of aromatic nitrogens is 2. The maximum absolute atomic E-state index is 12.3. The van der Waals surface area contributed by atoms with Crippen molar-refractivity contribution in [2.75, 3.05) is 11.1 Å². The molecule has 6 heteroatoms. The average molecular weight is 401 g/mol. The van der Waals surface area contributed by atoms with Crippen molar-refractivity contribution in [1.29, 1.82) is 0 Å². The first-order valence-electron chi connectivity index (χ1n) is 9.19. The molecule has 0 saturated carbocycles. The maximum Gasteiger partial charge on any atom is 0.248 e. The van der Waals surface area contributed by atoms with E-state index in [1.165, 1.54) is 5.56 Å². The third-order valence-electron chi connectivity index (χ3n) is 4.18. The standard InChI is InChI=1S/C23H19N3O2S/c27-21(16-29-15-17-8-3-1-4-9-17)24-20-13-7-12-19(14-20)23-26-25-22(28-23)18-10-5-2-6-11-18/h1-14H,15-16H2,(H,24,27). The van der Waals surface area contributed by atoms with E-state index >= 15 is 0 Å². The van der Waals surface area contributed by atoms with Gasteiger partial charge >= 0.3 is 0 Å². The van der Waals surface area contributed by atoms with Gasteiger partial charge in [-0.25, -0.2) is 0 Å². The second-order valence-electron chi connectivity index (χ2n) is 6.39. The van der Waals surface area contributed by atoms with Gasteiger partial charge in [0.05, 0.1) is 5.75 Å². The van der Waals surface area contributed by atoms with Gasteiger partial charge < -0.3 is 9.73 Å². The lowest BCUT2D eigenvalue weighted by Gasteiger charge is -2.06. The molecule has 0 saturated heterocycles. The summed E-state index contributed by atoms with van der Waals surface area (Å²) in [5, 5.41) is 11.2. The summed E-state index contributed by atoms with van der Waals surface area (Å²) in [6.45, 7) is 0. The summed E-state index contributed by atoms with van der Waals surface area (Å²) in [7, 11) is 0. The molecule has 0 aliphatic rings. The Bertz CT molecular complexity index is 1080. The fourth-order valence-corrected chi connectivity index (χ4v) is 3.59. The number of amides is 1. The zero-order chi connectivity index (χ0) is 19.9. The predicted molar refractivity (Wildman–Crippen MR) is 116 cm³/mol. The van der Waals surface area contributed by atoms with Crippen molar-refractivity contribution < 1.29 is 9.21 Å². The lowest BCUT2D eigenvalue weighted by Crippen LogP contribution is -2.14. The molecule has 4 aromatic rings. The van der Waals surface area contributed by atoms with Crippen LogP contribution in [-0.4, -0.2) is 21.9 Å². The normalized spacial score (nSPS) is 10.6. The number of nitrogens with zero attached hydrogens (tertiary/aromatic N) is 2. The minimum atomic E-state index is -0.0430. The molecule has 1 heterocycles. The van der Waals surface area contributed by atoms with Crippen molar-refractivity contribution in [1.82, 2.24) is 10.2 Å². The summed E-state index contributed by atoms with van der Waals surface area (Å²) in [5.74, 6) is 2.03. The Morgan fingerprint density at radius 1 is 0.828 bits per heavy atom. The average Bonchev–Trinajstić information content (AvgIpc) is 3.26. The highest BCUT2D eigenvalue weighted by molar-refractivity contribution is 7.99. The van der Waals surface area contributed by atoms with Gasteiger partial charge in [0.25, 0.3) is 0 Å². The zero-order valence-corrected chi connectivity index (χ0v) is 16.4. The van der Waals surface area contributed by atoms with Gasteiger partial charge in [-0.1, -0.05) is 54.6 Å². The minimum Gasteiger partial charge on any atom is -0.416 e. The number of rotatable bonds is 7. The molecule has 0 radical (unpaired) electrons. The van der Waals surface area contributed by atoms with Crippen LogP contribution in [0.5, 0.6) is 0 Å². The number of hydrogen-bond donors (Lipinski definition) is 1. The van der Waals surface area contributed by atoms with Gasteiger partial charge in [-0.05, 0) is 35.9 Å². The van der Waals surface area contributed by atoms with Crippen LogP contribution in [0.1, 0.15) is 5.56 Å². The van der Waals surface area contributed by atoms with Crippen molar-refractivity contribution in [2.45, 2.75) is 5.75 Å². The molecular formula is C23H19N3O2S. The maximum atomic E-state index is 12.3. The van der Waals surface area contributed by atoms with Crippen LogP contribution in [0.3, 0.4) is 0 Å². The highest BCUT2D eigenvalue weighted by Crippen LogP contribution is 2.25. The Hall–Kier alpha value is -3.38. The second kappa shape index (κ2) is 9.21. The highest BCUT2D eigenvalue weighted by atomic mass is 32.2. The smallest absolute Gasteiger partial charge is 0.248 e. The third-order valence-corrected chi connectivity index (χ3v) is 5.19. The van der Waals surface area contributed by atoms with Gasteiger partial charge in [0.2, 0.25) is 17.7 Å². The molecule has 144 valence electrons. The van der Waals surface area contributed by atoms with E-state index < -0.39 is 0 Å². The summed E-state index contributed by atoms with van der Waals surface area (Å²) in [5.41, 5.74) is 3.53. The first-order valence-corrected chi connectivity index (χ1v) is 10.3. The molecule has 0 atom stereocenters. The van der Waals surface area contributed by atoms with Gasteiger partial charge in [-0.3, -0.25) is 4.79 Å². The van der Waals surface area contributed by atoms with Crippen LogP contribution in [0, 0.1) is 0 Å². The fraction of sp³-hybridized carbons (Fsp3) is 0.0870. The van der Waals surface area contributed by atoms with Gasteiger partial charge in [-0.2, -0.15) is 0 Å². The summed E-state index contributed by atoms with van der Waals surface area (Å²) >= 11 is 1.58. The molecule has 0 fully saturated rings. The predicted octanol–water partition coefficient (Wildman–Crippen LogP) is 5.28. The number of carbonyl (C=O) groups excluding carboxylic acids is 1. The van der Waals surface area contributed by atoms with Crippen LogP contribution in [0.25, 0.3) is 22.9 Å². The Morgan fingerprint density at radius 3 is 2.24 bits per heavy atom. The van der Waals surface area contributed by atoms with Crippen molar-refractivity contribution in [2.24, 2.45) is 0 Å². The number of thioether (sulfide) groups is 1. The molecule has 1 N–H and O–H groups in total. The molecule has 0 bridgehead atoms. The van der Waals surface area contributed by atoms with E-state index in [4.69, 9.17) is 4.42 Å². The van der Waals surface area contributed by atoms with Crippen LogP contribution in [0.2, 0.25) is 0 Å². The van der Waals surface area contributed by atoms with Crippen LogP contribution < -0.4 is 5.32 Å². The van der Waals surface area contributed by atoms with Gasteiger partial charge in [0, 0.05) is 22.6 Å². The zero-order valence-electron chi connectivity index (χ0n) is 15.6. The molecule has 1 aromatic heterocycles. The van der Waals surface area contributed by atoms with Crippen LogP contribution in [-0.2, 0) is 10.5 Å². The molecule has 29 heavy (non-hydrogen) atoms. The minimum absolute atomic E-state index is 0.0430. The Balaban J connectivity index is 1.37. The molecule has 0 aliphatic heterocycles. The summed E-state index contributed by atoms with van der Waals surface area (Å²) in [6.07, 6.45) is 0. The fourth-order valence-electron chi connectivity index (χ4n) is 2.80. The number of carbonyl (C=O) groups is 1. The molecule has 1 amide bonds.